The molecule has 0 spiro atoms. The second-order valence-electron chi connectivity index (χ2n) is 4.55. The molecule has 0 saturated carbocycles. The molecule has 2 aromatic carbocycles. The summed E-state index contributed by atoms with van der Waals surface area (Å²) in [7, 11) is -2.11. The van der Waals surface area contributed by atoms with Crippen LogP contribution >= 0.6 is 15.9 Å². The van der Waals surface area contributed by atoms with Crippen LogP contribution in [0.1, 0.15) is 18.5 Å². The molecule has 0 saturated heterocycles. The number of rotatable bonds is 5. The third-order valence-electron chi connectivity index (χ3n) is 3.06. The lowest BCUT2D eigenvalue weighted by atomic mass is 10.1. The summed E-state index contributed by atoms with van der Waals surface area (Å²) in [6.45, 7) is 1.81. The van der Waals surface area contributed by atoms with Crippen LogP contribution in [0.4, 0.5) is 0 Å². The Bertz CT molecular complexity index is 717. The highest BCUT2D eigenvalue weighted by Crippen LogP contribution is 2.28. The van der Waals surface area contributed by atoms with E-state index in [1.54, 1.807) is 6.07 Å². The number of hydrogen-bond acceptors (Lipinski definition) is 3. The average Bonchev–Trinajstić information content (AvgIpc) is 2.48. The van der Waals surface area contributed by atoms with Crippen molar-refractivity contribution in [1.29, 1.82) is 0 Å². The first kappa shape index (κ1) is 16.0. The predicted molar refractivity (Wildman–Crippen MR) is 85.9 cm³/mol. The Kier molecular flexibility index (Phi) is 5.03. The number of benzene rings is 2. The fourth-order valence-electron chi connectivity index (χ4n) is 1.92. The molecule has 1 atom stereocenters. The maximum Gasteiger partial charge on any atom is 0.241 e. The van der Waals surface area contributed by atoms with Gasteiger partial charge in [-0.2, -0.15) is 0 Å². The number of ether oxygens (including phenoxy) is 1. The second kappa shape index (κ2) is 6.60. The molecular weight excluding hydrogens is 354 g/mol. The number of methoxy groups -OCH3 is 1. The van der Waals surface area contributed by atoms with E-state index in [-0.39, 0.29) is 10.9 Å². The molecule has 0 radical (unpaired) electrons. The van der Waals surface area contributed by atoms with Gasteiger partial charge in [-0.25, -0.2) is 13.1 Å². The number of sulfonamides is 1. The fourth-order valence-corrected chi connectivity index (χ4v) is 3.57. The summed E-state index contributed by atoms with van der Waals surface area (Å²) in [5.41, 5.74) is 0.908. The van der Waals surface area contributed by atoms with Crippen LogP contribution in [-0.2, 0) is 10.0 Å². The highest BCUT2D eigenvalue weighted by atomic mass is 79.9. The monoisotopic (exact) mass is 369 g/mol. The van der Waals surface area contributed by atoms with Gasteiger partial charge in [0.15, 0.2) is 0 Å². The van der Waals surface area contributed by atoms with Gasteiger partial charge in [0.2, 0.25) is 10.0 Å². The van der Waals surface area contributed by atoms with Gasteiger partial charge < -0.3 is 4.74 Å². The molecule has 112 valence electrons. The minimum atomic E-state index is -3.61. The molecule has 21 heavy (non-hydrogen) atoms. The first-order chi connectivity index (χ1) is 9.94. The molecular formula is C15H16BrNO3S. The Morgan fingerprint density at radius 3 is 2.43 bits per heavy atom. The summed E-state index contributed by atoms with van der Waals surface area (Å²) in [4.78, 5) is 0.172. The van der Waals surface area contributed by atoms with E-state index in [0.717, 1.165) is 5.56 Å². The van der Waals surface area contributed by atoms with E-state index in [1.807, 2.05) is 37.3 Å². The lowest BCUT2D eigenvalue weighted by Gasteiger charge is -2.15. The Morgan fingerprint density at radius 2 is 1.81 bits per heavy atom. The molecule has 0 aliphatic rings. The SMILES string of the molecule is COc1cc(S(=O)(=O)NC(C)c2ccccc2)ccc1Br. The lowest BCUT2D eigenvalue weighted by molar-refractivity contribution is 0.410. The highest BCUT2D eigenvalue weighted by Gasteiger charge is 2.19. The maximum atomic E-state index is 12.4. The van der Waals surface area contributed by atoms with Crippen LogP contribution in [0, 0.1) is 0 Å². The van der Waals surface area contributed by atoms with Crippen molar-refractivity contribution >= 4 is 26.0 Å². The van der Waals surface area contributed by atoms with E-state index in [2.05, 4.69) is 20.7 Å². The van der Waals surface area contributed by atoms with Gasteiger partial charge in [-0.1, -0.05) is 30.3 Å². The topological polar surface area (TPSA) is 55.4 Å². The van der Waals surface area contributed by atoms with Crippen molar-refractivity contribution in [2.75, 3.05) is 7.11 Å². The fraction of sp³-hybridized carbons (Fsp3) is 0.200. The molecule has 2 rings (SSSR count). The van der Waals surface area contributed by atoms with Crippen LogP contribution in [0.25, 0.3) is 0 Å². The average molecular weight is 370 g/mol. The van der Waals surface area contributed by atoms with Crippen LogP contribution in [0.5, 0.6) is 5.75 Å². The van der Waals surface area contributed by atoms with Gasteiger partial charge in [0.05, 0.1) is 16.5 Å². The van der Waals surface area contributed by atoms with Crippen molar-refractivity contribution in [3.05, 3.63) is 58.6 Å². The standard InChI is InChI=1S/C15H16BrNO3S/c1-11(12-6-4-3-5-7-12)17-21(18,19)13-8-9-14(16)15(10-13)20-2/h3-11,17H,1-2H3. The second-order valence-corrected chi connectivity index (χ2v) is 7.12. The van der Waals surface area contributed by atoms with Crippen molar-refractivity contribution in [2.24, 2.45) is 0 Å². The summed E-state index contributed by atoms with van der Waals surface area (Å²) in [6.07, 6.45) is 0. The molecule has 0 heterocycles. The molecule has 1 unspecified atom stereocenters. The quantitative estimate of drug-likeness (QED) is 0.877. The maximum absolute atomic E-state index is 12.4. The van der Waals surface area contributed by atoms with Gasteiger partial charge in [-0.3, -0.25) is 0 Å². The minimum Gasteiger partial charge on any atom is -0.496 e. The summed E-state index contributed by atoms with van der Waals surface area (Å²) < 4.78 is 33.3. The molecule has 2 aromatic rings. The largest absolute Gasteiger partial charge is 0.496 e. The molecule has 0 amide bonds. The Balaban J connectivity index is 2.26. The molecule has 1 N–H and O–H groups in total. The first-order valence-corrected chi connectivity index (χ1v) is 8.62. The van der Waals surface area contributed by atoms with Gasteiger partial charge in [0, 0.05) is 12.1 Å². The molecule has 0 aliphatic heterocycles. The van der Waals surface area contributed by atoms with Gasteiger partial charge in [0.1, 0.15) is 5.75 Å². The minimum absolute atomic E-state index is 0.172. The lowest BCUT2D eigenvalue weighted by Crippen LogP contribution is -2.26. The first-order valence-electron chi connectivity index (χ1n) is 6.35. The molecule has 0 bridgehead atoms. The Hall–Kier alpha value is -1.37. The highest BCUT2D eigenvalue weighted by molar-refractivity contribution is 9.10. The van der Waals surface area contributed by atoms with E-state index >= 15 is 0 Å². The summed E-state index contributed by atoms with van der Waals surface area (Å²) in [5.74, 6) is 0.477. The van der Waals surface area contributed by atoms with E-state index < -0.39 is 10.0 Å². The number of hydrogen-bond donors (Lipinski definition) is 1. The zero-order valence-corrected chi connectivity index (χ0v) is 14.1. The van der Waals surface area contributed by atoms with Gasteiger partial charge in [0.25, 0.3) is 0 Å². The van der Waals surface area contributed by atoms with Crippen LogP contribution < -0.4 is 9.46 Å². The van der Waals surface area contributed by atoms with E-state index in [4.69, 9.17) is 4.74 Å². The molecule has 0 aliphatic carbocycles. The smallest absolute Gasteiger partial charge is 0.241 e. The summed E-state index contributed by atoms with van der Waals surface area (Å²) in [6, 6.07) is 13.8. The van der Waals surface area contributed by atoms with Crippen LogP contribution in [0.3, 0.4) is 0 Å². The van der Waals surface area contributed by atoms with Crippen molar-refractivity contribution in [2.45, 2.75) is 17.9 Å². The van der Waals surface area contributed by atoms with Gasteiger partial charge in [-0.05, 0) is 40.5 Å². The molecule has 6 heteroatoms. The Labute approximate surface area is 133 Å². The number of nitrogens with one attached hydrogen (secondary N) is 1. The van der Waals surface area contributed by atoms with Gasteiger partial charge >= 0.3 is 0 Å². The zero-order valence-electron chi connectivity index (χ0n) is 11.7. The van der Waals surface area contributed by atoms with Crippen molar-refractivity contribution in [1.82, 2.24) is 4.72 Å². The van der Waals surface area contributed by atoms with Crippen LogP contribution in [0.2, 0.25) is 0 Å². The van der Waals surface area contributed by atoms with Crippen LogP contribution in [-0.4, -0.2) is 15.5 Å². The zero-order chi connectivity index (χ0) is 15.5. The molecule has 0 fully saturated rings. The van der Waals surface area contributed by atoms with E-state index in [1.165, 1.54) is 19.2 Å². The molecule has 0 aromatic heterocycles. The summed E-state index contributed by atoms with van der Waals surface area (Å²) >= 11 is 3.30. The Morgan fingerprint density at radius 1 is 1.14 bits per heavy atom. The van der Waals surface area contributed by atoms with Gasteiger partial charge in [-0.15, -0.1) is 0 Å². The van der Waals surface area contributed by atoms with Crippen molar-refractivity contribution in [3.8, 4) is 5.75 Å². The third-order valence-corrected chi connectivity index (χ3v) is 5.26. The van der Waals surface area contributed by atoms with E-state index in [0.29, 0.717) is 10.2 Å². The third kappa shape index (κ3) is 3.84. The number of halogens is 1. The van der Waals surface area contributed by atoms with Crippen molar-refractivity contribution in [3.63, 3.8) is 0 Å². The molecule has 4 nitrogen and oxygen atoms in total. The summed E-state index contributed by atoms with van der Waals surface area (Å²) in [5, 5.41) is 0. The van der Waals surface area contributed by atoms with Crippen molar-refractivity contribution < 1.29 is 13.2 Å². The van der Waals surface area contributed by atoms with Crippen LogP contribution in [0.15, 0.2) is 57.9 Å². The normalized spacial score (nSPS) is 12.9. The predicted octanol–water partition coefficient (Wildman–Crippen LogP) is 3.50. The van der Waals surface area contributed by atoms with E-state index in [9.17, 15) is 8.42 Å².